The van der Waals surface area contributed by atoms with Gasteiger partial charge < -0.3 is 25.4 Å². The summed E-state index contributed by atoms with van der Waals surface area (Å²) in [4.78, 5) is 40.8. The van der Waals surface area contributed by atoms with Crippen molar-refractivity contribution in [3.63, 3.8) is 0 Å². The van der Waals surface area contributed by atoms with Crippen LogP contribution in [0.5, 0.6) is 0 Å². The number of aliphatic hydroxyl groups is 1. The summed E-state index contributed by atoms with van der Waals surface area (Å²) < 4.78 is 5.25. The number of rotatable bonds is 10. The number of benzene rings is 1. The fourth-order valence-electron chi connectivity index (χ4n) is 3.58. The minimum atomic E-state index is -1.24. The van der Waals surface area contributed by atoms with E-state index >= 15 is 0 Å². The van der Waals surface area contributed by atoms with E-state index in [-0.39, 0.29) is 11.9 Å². The molecule has 0 heterocycles. The molecule has 186 valence electrons. The SMILES string of the molecule is CCCCN(C(=O)C(CO)NC(=O)OC(C)(C)C)C(C(=O)NC(C)C)c1c(C)cccc1C. The molecule has 0 aliphatic carbocycles. The van der Waals surface area contributed by atoms with E-state index in [0.717, 1.165) is 23.1 Å². The molecule has 0 aliphatic rings. The summed E-state index contributed by atoms with van der Waals surface area (Å²) in [7, 11) is 0. The summed E-state index contributed by atoms with van der Waals surface area (Å²) >= 11 is 0. The fraction of sp³-hybridized carbons (Fsp3) is 0.640. The number of unbranched alkanes of at least 4 members (excludes halogenated alkanes) is 1. The normalized spacial score (nSPS) is 13.3. The van der Waals surface area contributed by atoms with Gasteiger partial charge in [-0.3, -0.25) is 9.59 Å². The number of ether oxygens (including phenoxy) is 1. The van der Waals surface area contributed by atoms with Gasteiger partial charge in [-0.05, 0) is 71.6 Å². The van der Waals surface area contributed by atoms with Gasteiger partial charge in [0.25, 0.3) is 0 Å². The van der Waals surface area contributed by atoms with Crippen molar-refractivity contribution in [1.82, 2.24) is 15.5 Å². The molecule has 0 bridgehead atoms. The van der Waals surface area contributed by atoms with Crippen molar-refractivity contribution in [2.75, 3.05) is 13.2 Å². The third kappa shape index (κ3) is 8.68. The predicted octanol–water partition coefficient (Wildman–Crippen LogP) is 3.38. The van der Waals surface area contributed by atoms with Crippen LogP contribution in [0.15, 0.2) is 18.2 Å². The van der Waals surface area contributed by atoms with Crippen LogP contribution in [0, 0.1) is 13.8 Å². The number of carbonyl (C=O) groups excluding carboxylic acids is 3. The average molecular weight is 464 g/mol. The lowest BCUT2D eigenvalue weighted by Crippen LogP contribution is -2.55. The van der Waals surface area contributed by atoms with Gasteiger partial charge in [0.1, 0.15) is 17.7 Å². The van der Waals surface area contributed by atoms with Crippen molar-refractivity contribution in [2.45, 2.75) is 92.0 Å². The van der Waals surface area contributed by atoms with Crippen LogP contribution in [0.25, 0.3) is 0 Å². The molecule has 1 aromatic carbocycles. The van der Waals surface area contributed by atoms with Gasteiger partial charge in [-0.15, -0.1) is 0 Å². The van der Waals surface area contributed by atoms with Crippen molar-refractivity contribution < 1.29 is 24.2 Å². The van der Waals surface area contributed by atoms with Crippen LogP contribution < -0.4 is 10.6 Å². The fourth-order valence-corrected chi connectivity index (χ4v) is 3.58. The quantitative estimate of drug-likeness (QED) is 0.493. The molecule has 8 nitrogen and oxygen atoms in total. The molecule has 1 rings (SSSR count). The molecule has 33 heavy (non-hydrogen) atoms. The summed E-state index contributed by atoms with van der Waals surface area (Å²) in [5.41, 5.74) is 1.75. The van der Waals surface area contributed by atoms with Gasteiger partial charge in [-0.2, -0.15) is 0 Å². The van der Waals surface area contributed by atoms with E-state index in [1.54, 1.807) is 20.8 Å². The Labute approximate surface area is 198 Å². The van der Waals surface area contributed by atoms with E-state index in [1.165, 1.54) is 4.90 Å². The monoisotopic (exact) mass is 463 g/mol. The zero-order valence-electron chi connectivity index (χ0n) is 21.3. The van der Waals surface area contributed by atoms with E-state index in [4.69, 9.17) is 4.74 Å². The second kappa shape index (κ2) is 12.6. The van der Waals surface area contributed by atoms with Crippen LogP contribution in [0.2, 0.25) is 0 Å². The molecule has 0 spiro atoms. The highest BCUT2D eigenvalue weighted by Gasteiger charge is 2.37. The molecule has 2 unspecified atom stereocenters. The number of aryl methyl sites for hydroxylation is 2. The molecule has 0 aromatic heterocycles. The van der Waals surface area contributed by atoms with E-state index in [0.29, 0.717) is 13.0 Å². The molecule has 1 aromatic rings. The van der Waals surface area contributed by atoms with Crippen molar-refractivity contribution in [1.29, 1.82) is 0 Å². The third-order valence-corrected chi connectivity index (χ3v) is 5.01. The van der Waals surface area contributed by atoms with Crippen LogP contribution in [0.1, 0.15) is 77.1 Å². The highest BCUT2D eigenvalue weighted by Crippen LogP contribution is 2.29. The lowest BCUT2D eigenvalue weighted by Gasteiger charge is -2.35. The first-order valence-electron chi connectivity index (χ1n) is 11.6. The Morgan fingerprint density at radius 3 is 2.12 bits per heavy atom. The molecule has 8 heteroatoms. The predicted molar refractivity (Wildman–Crippen MR) is 129 cm³/mol. The average Bonchev–Trinajstić information content (AvgIpc) is 2.68. The van der Waals surface area contributed by atoms with Crippen LogP contribution in [-0.4, -0.2) is 58.8 Å². The number of nitrogens with zero attached hydrogens (tertiary/aromatic N) is 1. The third-order valence-electron chi connectivity index (χ3n) is 5.01. The molecule has 3 amide bonds. The Balaban J connectivity index is 3.45. The highest BCUT2D eigenvalue weighted by molar-refractivity contribution is 5.92. The zero-order chi connectivity index (χ0) is 25.3. The Morgan fingerprint density at radius 1 is 1.09 bits per heavy atom. The summed E-state index contributed by atoms with van der Waals surface area (Å²) in [6.07, 6.45) is 0.658. The summed E-state index contributed by atoms with van der Waals surface area (Å²) in [5.74, 6) is -0.843. The molecule has 0 aliphatic heterocycles. The molecular weight excluding hydrogens is 422 g/mol. The summed E-state index contributed by atoms with van der Waals surface area (Å²) in [6, 6.07) is 3.45. The Morgan fingerprint density at radius 2 is 1.67 bits per heavy atom. The van der Waals surface area contributed by atoms with Crippen molar-refractivity contribution in [3.8, 4) is 0 Å². The largest absolute Gasteiger partial charge is 0.444 e. The van der Waals surface area contributed by atoms with Crippen molar-refractivity contribution in [3.05, 3.63) is 34.9 Å². The number of carbonyl (C=O) groups is 3. The minimum Gasteiger partial charge on any atom is -0.444 e. The first-order valence-corrected chi connectivity index (χ1v) is 11.6. The number of aliphatic hydroxyl groups excluding tert-OH is 1. The van der Waals surface area contributed by atoms with E-state index in [1.807, 2.05) is 52.8 Å². The molecule has 3 N–H and O–H groups in total. The van der Waals surface area contributed by atoms with E-state index < -0.39 is 36.3 Å². The van der Waals surface area contributed by atoms with E-state index in [2.05, 4.69) is 10.6 Å². The topological polar surface area (TPSA) is 108 Å². The van der Waals surface area contributed by atoms with Gasteiger partial charge in [-0.1, -0.05) is 31.5 Å². The second-order valence-corrected chi connectivity index (χ2v) is 9.64. The molecule has 0 radical (unpaired) electrons. The summed E-state index contributed by atoms with van der Waals surface area (Å²) in [6.45, 7) is 14.3. The van der Waals surface area contributed by atoms with Gasteiger partial charge >= 0.3 is 6.09 Å². The molecular formula is C25H41N3O5. The van der Waals surface area contributed by atoms with Gasteiger partial charge in [0.05, 0.1) is 6.61 Å². The molecule has 0 saturated heterocycles. The Hall–Kier alpha value is -2.61. The molecule has 2 atom stereocenters. The number of amides is 3. The van der Waals surface area contributed by atoms with Crippen molar-refractivity contribution in [2.24, 2.45) is 0 Å². The Bertz CT molecular complexity index is 797. The standard InChI is InChI=1S/C25H41N3O5/c1-9-10-14-28(23(31)19(15-29)27-24(32)33-25(6,7)8)21(22(30)26-16(2)3)20-17(4)12-11-13-18(20)5/h11-13,16,19,21,29H,9-10,14-15H2,1-8H3,(H,26,30)(H,27,32). The first-order chi connectivity index (χ1) is 15.3. The molecule has 0 fully saturated rings. The number of hydrogen-bond donors (Lipinski definition) is 3. The van der Waals surface area contributed by atoms with Gasteiger partial charge in [0, 0.05) is 12.6 Å². The number of hydrogen-bond acceptors (Lipinski definition) is 5. The maximum absolute atomic E-state index is 13.6. The number of nitrogens with one attached hydrogen (secondary N) is 2. The van der Waals surface area contributed by atoms with Crippen LogP contribution >= 0.6 is 0 Å². The minimum absolute atomic E-state index is 0.124. The lowest BCUT2D eigenvalue weighted by molar-refractivity contribution is -0.143. The maximum atomic E-state index is 13.6. The highest BCUT2D eigenvalue weighted by atomic mass is 16.6. The van der Waals surface area contributed by atoms with Crippen molar-refractivity contribution >= 4 is 17.9 Å². The van der Waals surface area contributed by atoms with Crippen LogP contribution in [-0.2, 0) is 14.3 Å². The van der Waals surface area contributed by atoms with Crippen LogP contribution in [0.4, 0.5) is 4.79 Å². The lowest BCUT2D eigenvalue weighted by atomic mass is 9.93. The van der Waals surface area contributed by atoms with Gasteiger partial charge in [-0.25, -0.2) is 4.79 Å². The van der Waals surface area contributed by atoms with E-state index in [9.17, 15) is 19.5 Å². The van der Waals surface area contributed by atoms with Crippen LogP contribution in [0.3, 0.4) is 0 Å². The number of alkyl carbamates (subject to hydrolysis) is 1. The first kappa shape index (κ1) is 28.4. The second-order valence-electron chi connectivity index (χ2n) is 9.64. The smallest absolute Gasteiger partial charge is 0.408 e. The maximum Gasteiger partial charge on any atom is 0.408 e. The Kier molecular flexibility index (Phi) is 10.8. The van der Waals surface area contributed by atoms with Gasteiger partial charge in [0.15, 0.2) is 0 Å². The molecule has 0 saturated carbocycles. The summed E-state index contributed by atoms with van der Waals surface area (Å²) in [5, 5.41) is 15.3. The van der Waals surface area contributed by atoms with Gasteiger partial charge in [0.2, 0.25) is 11.8 Å². The zero-order valence-corrected chi connectivity index (χ0v) is 21.3.